The molecular formula is C14H22N4O4. The first-order valence-electron chi connectivity index (χ1n) is 6.91. The molecule has 0 atom stereocenters. The number of primary amides is 2. The second-order valence-electron chi connectivity index (χ2n) is 5.06. The zero-order chi connectivity index (χ0) is 16.7. The van der Waals surface area contributed by atoms with Gasteiger partial charge in [0.1, 0.15) is 5.75 Å². The molecule has 0 aliphatic heterocycles. The normalized spacial score (nSPS) is 10.9. The molecule has 0 aliphatic rings. The summed E-state index contributed by atoms with van der Waals surface area (Å²) in [5.41, 5.74) is 11.7. The fourth-order valence-corrected chi connectivity index (χ4v) is 2.03. The molecule has 22 heavy (non-hydrogen) atoms. The van der Waals surface area contributed by atoms with E-state index < -0.39 is 11.8 Å². The van der Waals surface area contributed by atoms with Crippen molar-refractivity contribution in [3.63, 3.8) is 0 Å². The average Bonchev–Trinajstić information content (AvgIpc) is 2.46. The van der Waals surface area contributed by atoms with E-state index in [2.05, 4.69) is 4.98 Å². The Morgan fingerprint density at radius 1 is 1.23 bits per heavy atom. The van der Waals surface area contributed by atoms with E-state index in [0.717, 1.165) is 0 Å². The van der Waals surface area contributed by atoms with E-state index in [1.165, 1.54) is 6.20 Å². The van der Waals surface area contributed by atoms with Crippen molar-refractivity contribution in [2.45, 2.75) is 32.9 Å². The van der Waals surface area contributed by atoms with Gasteiger partial charge < -0.3 is 21.7 Å². The quantitative estimate of drug-likeness (QED) is 0.467. The molecule has 0 saturated carbocycles. The van der Waals surface area contributed by atoms with E-state index in [1.54, 1.807) is 11.8 Å². The first-order chi connectivity index (χ1) is 10.3. The maximum absolute atomic E-state index is 10.9. The Morgan fingerprint density at radius 3 is 2.23 bits per heavy atom. The molecule has 1 rings (SSSR count). The number of aromatic nitrogens is 1. The number of nitrogens with two attached hydrogens (primary N) is 2. The lowest BCUT2D eigenvalue weighted by Crippen LogP contribution is -2.31. The smallest absolute Gasteiger partial charge is 0.218 e. The molecule has 8 nitrogen and oxygen atoms in total. The van der Waals surface area contributed by atoms with Gasteiger partial charge in [-0.2, -0.15) is 0 Å². The molecule has 0 unspecified atom stereocenters. The monoisotopic (exact) mass is 310 g/mol. The number of amides is 2. The highest BCUT2D eigenvalue weighted by atomic mass is 16.3. The summed E-state index contributed by atoms with van der Waals surface area (Å²) in [5, 5.41) is 19.5. The lowest BCUT2D eigenvalue weighted by molar-refractivity contribution is -0.118. The van der Waals surface area contributed by atoms with Crippen LogP contribution < -0.4 is 11.5 Å². The first-order valence-corrected chi connectivity index (χ1v) is 6.91. The molecule has 122 valence electrons. The number of carbonyl (C=O) groups excluding carboxylic acids is 2. The molecule has 0 aromatic carbocycles. The second-order valence-corrected chi connectivity index (χ2v) is 5.06. The van der Waals surface area contributed by atoms with Crippen LogP contribution in [0.1, 0.15) is 29.7 Å². The average molecular weight is 310 g/mol. The van der Waals surface area contributed by atoms with Crippen LogP contribution in [-0.4, -0.2) is 45.0 Å². The molecule has 0 radical (unpaired) electrons. The van der Waals surface area contributed by atoms with Crippen molar-refractivity contribution in [1.82, 2.24) is 9.88 Å². The van der Waals surface area contributed by atoms with Gasteiger partial charge in [-0.1, -0.05) is 0 Å². The van der Waals surface area contributed by atoms with Gasteiger partial charge in [-0.25, -0.2) is 0 Å². The van der Waals surface area contributed by atoms with Crippen molar-refractivity contribution in [2.24, 2.45) is 11.5 Å². The van der Waals surface area contributed by atoms with Crippen LogP contribution in [0.25, 0.3) is 0 Å². The highest BCUT2D eigenvalue weighted by molar-refractivity contribution is 5.74. The van der Waals surface area contributed by atoms with E-state index in [4.69, 9.17) is 11.5 Å². The predicted molar refractivity (Wildman–Crippen MR) is 79.5 cm³/mol. The summed E-state index contributed by atoms with van der Waals surface area (Å²) >= 11 is 0. The molecule has 8 heteroatoms. The Hall–Kier alpha value is -2.19. The number of rotatable bonds is 9. The van der Waals surface area contributed by atoms with Gasteiger partial charge in [0.25, 0.3) is 0 Å². The Bertz CT molecular complexity index is 530. The van der Waals surface area contributed by atoms with Gasteiger partial charge in [0.15, 0.2) is 0 Å². The van der Waals surface area contributed by atoms with Gasteiger partial charge >= 0.3 is 0 Å². The van der Waals surface area contributed by atoms with Gasteiger partial charge in [0, 0.05) is 49.8 Å². The third-order valence-corrected chi connectivity index (χ3v) is 3.33. The summed E-state index contributed by atoms with van der Waals surface area (Å²) in [6.07, 6.45) is 1.74. The molecule has 0 fully saturated rings. The van der Waals surface area contributed by atoms with Crippen molar-refractivity contribution in [2.75, 3.05) is 13.1 Å². The Kier molecular flexibility index (Phi) is 6.74. The molecule has 0 aliphatic carbocycles. The standard InChI is InChI=1S/C14H22N4O4/c1-9-14(22)11(10(8-19)6-17-9)7-18(4-2-12(15)20)5-3-13(16)21/h6,19,22H,2-5,7-8H2,1H3,(H2,15,20)(H2,16,21). The largest absolute Gasteiger partial charge is 0.506 e. The third kappa shape index (κ3) is 5.30. The van der Waals surface area contributed by atoms with Crippen LogP contribution in [0.5, 0.6) is 5.75 Å². The van der Waals surface area contributed by atoms with Crippen molar-refractivity contribution < 1.29 is 19.8 Å². The molecule has 1 aromatic heterocycles. The molecule has 0 saturated heterocycles. The van der Waals surface area contributed by atoms with Crippen LogP contribution in [0.4, 0.5) is 0 Å². The zero-order valence-corrected chi connectivity index (χ0v) is 12.6. The third-order valence-electron chi connectivity index (χ3n) is 3.33. The Balaban J connectivity index is 2.94. The second kappa shape index (κ2) is 8.30. The molecule has 6 N–H and O–H groups in total. The van der Waals surface area contributed by atoms with Gasteiger partial charge in [-0.05, 0) is 6.92 Å². The van der Waals surface area contributed by atoms with E-state index in [-0.39, 0.29) is 31.7 Å². The molecule has 2 amide bonds. The highest BCUT2D eigenvalue weighted by Gasteiger charge is 2.16. The number of aryl methyl sites for hydroxylation is 1. The topological polar surface area (TPSA) is 143 Å². The predicted octanol–water partition coefficient (Wildman–Crippen LogP) is -0.859. The summed E-state index contributed by atoms with van der Waals surface area (Å²) in [4.78, 5) is 27.7. The number of nitrogens with zero attached hydrogens (tertiary/aromatic N) is 2. The first kappa shape index (κ1) is 17.9. The molecule has 0 bridgehead atoms. The van der Waals surface area contributed by atoms with Crippen LogP contribution in [0.2, 0.25) is 0 Å². The Labute approximate surface area is 128 Å². The Morgan fingerprint density at radius 2 is 1.77 bits per heavy atom. The van der Waals surface area contributed by atoms with Crippen LogP contribution in [0, 0.1) is 6.92 Å². The van der Waals surface area contributed by atoms with Crippen molar-refractivity contribution in [3.05, 3.63) is 23.0 Å². The lowest BCUT2D eigenvalue weighted by atomic mass is 10.1. The van der Waals surface area contributed by atoms with Gasteiger partial charge in [0.2, 0.25) is 11.8 Å². The summed E-state index contributed by atoms with van der Waals surface area (Å²) in [6.45, 7) is 2.29. The van der Waals surface area contributed by atoms with Gasteiger partial charge in [0.05, 0.1) is 12.3 Å². The number of aliphatic hydroxyl groups excluding tert-OH is 1. The number of carbonyl (C=O) groups is 2. The summed E-state index contributed by atoms with van der Waals surface area (Å²) in [5.74, 6) is -0.919. The summed E-state index contributed by atoms with van der Waals surface area (Å²) in [6, 6.07) is 0. The molecule has 1 aromatic rings. The van der Waals surface area contributed by atoms with Gasteiger partial charge in [-0.3, -0.25) is 19.5 Å². The van der Waals surface area contributed by atoms with E-state index in [1.807, 2.05) is 0 Å². The van der Waals surface area contributed by atoms with Gasteiger partial charge in [-0.15, -0.1) is 0 Å². The fraction of sp³-hybridized carbons (Fsp3) is 0.500. The maximum Gasteiger partial charge on any atom is 0.218 e. The summed E-state index contributed by atoms with van der Waals surface area (Å²) in [7, 11) is 0. The molecule has 0 spiro atoms. The SMILES string of the molecule is Cc1ncc(CO)c(CN(CCC(N)=O)CCC(N)=O)c1O. The van der Waals surface area contributed by atoms with E-state index >= 15 is 0 Å². The summed E-state index contributed by atoms with van der Waals surface area (Å²) < 4.78 is 0. The van der Waals surface area contributed by atoms with Crippen LogP contribution in [0.15, 0.2) is 6.20 Å². The van der Waals surface area contributed by atoms with Crippen LogP contribution >= 0.6 is 0 Å². The number of hydrogen-bond acceptors (Lipinski definition) is 6. The number of aliphatic hydroxyl groups is 1. The van der Waals surface area contributed by atoms with Crippen molar-refractivity contribution >= 4 is 11.8 Å². The van der Waals surface area contributed by atoms with Crippen LogP contribution in [-0.2, 0) is 22.7 Å². The minimum atomic E-state index is -0.457. The lowest BCUT2D eigenvalue weighted by Gasteiger charge is -2.23. The van der Waals surface area contributed by atoms with Crippen LogP contribution in [0.3, 0.4) is 0 Å². The van der Waals surface area contributed by atoms with Crippen molar-refractivity contribution in [1.29, 1.82) is 0 Å². The molecule has 1 heterocycles. The maximum atomic E-state index is 10.9. The van der Waals surface area contributed by atoms with E-state index in [0.29, 0.717) is 29.9 Å². The minimum absolute atomic E-state index is 0.00491. The van der Waals surface area contributed by atoms with Crippen molar-refractivity contribution in [3.8, 4) is 5.75 Å². The molecular weight excluding hydrogens is 288 g/mol. The van der Waals surface area contributed by atoms with E-state index in [9.17, 15) is 19.8 Å². The number of aromatic hydroxyl groups is 1. The number of hydrogen-bond donors (Lipinski definition) is 4. The highest BCUT2D eigenvalue weighted by Crippen LogP contribution is 2.25. The fourth-order valence-electron chi connectivity index (χ4n) is 2.03. The number of pyridine rings is 1. The minimum Gasteiger partial charge on any atom is -0.506 e. The zero-order valence-electron chi connectivity index (χ0n) is 12.6.